The van der Waals surface area contributed by atoms with E-state index in [0.29, 0.717) is 24.1 Å². The number of ether oxygens (including phenoxy) is 1. The van der Waals surface area contributed by atoms with Crippen LogP contribution in [0.25, 0.3) is 0 Å². The Labute approximate surface area is 116 Å². The predicted octanol–water partition coefficient (Wildman–Crippen LogP) is 1.77. The average Bonchev–Trinajstić information content (AvgIpc) is 2.98. The van der Waals surface area contributed by atoms with Crippen LogP contribution in [0.2, 0.25) is 0 Å². The smallest absolute Gasteiger partial charge is 0.337 e. The van der Waals surface area contributed by atoms with E-state index < -0.39 is 5.97 Å². The highest BCUT2D eigenvalue weighted by Crippen LogP contribution is 2.12. The Kier molecular flexibility index (Phi) is 4.49. The molecule has 1 amide bonds. The minimum absolute atomic E-state index is 0.124. The molecule has 20 heavy (non-hydrogen) atoms. The highest BCUT2D eigenvalue weighted by molar-refractivity contribution is 5.94. The molecule has 0 saturated heterocycles. The summed E-state index contributed by atoms with van der Waals surface area (Å²) >= 11 is 0. The van der Waals surface area contributed by atoms with Crippen LogP contribution >= 0.6 is 0 Å². The zero-order valence-corrected chi connectivity index (χ0v) is 11.1. The van der Waals surface area contributed by atoms with Gasteiger partial charge in [-0.05, 0) is 24.6 Å². The summed E-state index contributed by atoms with van der Waals surface area (Å²) in [6.07, 6.45) is 4.19. The van der Waals surface area contributed by atoms with E-state index >= 15 is 0 Å². The van der Waals surface area contributed by atoms with Gasteiger partial charge in [0.05, 0.1) is 19.0 Å². The van der Waals surface area contributed by atoms with E-state index in [1.807, 2.05) is 0 Å². The van der Waals surface area contributed by atoms with Gasteiger partial charge in [-0.15, -0.1) is 0 Å². The number of amides is 1. The van der Waals surface area contributed by atoms with Crippen LogP contribution in [-0.2, 0) is 16.0 Å². The first kappa shape index (κ1) is 13.8. The van der Waals surface area contributed by atoms with Gasteiger partial charge in [-0.3, -0.25) is 4.79 Å². The molecule has 104 valence electrons. The maximum Gasteiger partial charge on any atom is 0.337 e. The molecule has 2 aromatic rings. The summed E-state index contributed by atoms with van der Waals surface area (Å²) in [5.41, 5.74) is 1.88. The van der Waals surface area contributed by atoms with Crippen molar-refractivity contribution in [3.63, 3.8) is 0 Å². The SMILES string of the molecule is COC(=O)c1cccc(NC(=O)CCc2cnc[nH]2)c1. The Balaban J connectivity index is 1.92. The number of imidazole rings is 1. The van der Waals surface area contributed by atoms with Crippen molar-refractivity contribution < 1.29 is 14.3 Å². The second-order valence-corrected chi connectivity index (χ2v) is 4.20. The number of H-pyrrole nitrogens is 1. The third kappa shape index (κ3) is 3.68. The van der Waals surface area contributed by atoms with Crippen LogP contribution in [0, 0.1) is 0 Å². The minimum atomic E-state index is -0.432. The van der Waals surface area contributed by atoms with E-state index in [4.69, 9.17) is 0 Å². The first-order valence-corrected chi connectivity index (χ1v) is 6.14. The van der Waals surface area contributed by atoms with Crippen molar-refractivity contribution in [3.05, 3.63) is 48.0 Å². The summed E-state index contributed by atoms with van der Waals surface area (Å²) in [5.74, 6) is -0.555. The first-order valence-electron chi connectivity index (χ1n) is 6.14. The zero-order valence-electron chi connectivity index (χ0n) is 11.1. The Hall–Kier alpha value is -2.63. The Morgan fingerprint density at radius 3 is 2.95 bits per heavy atom. The van der Waals surface area contributed by atoms with Crippen molar-refractivity contribution in [2.45, 2.75) is 12.8 Å². The number of hydrogen-bond acceptors (Lipinski definition) is 4. The van der Waals surface area contributed by atoms with Crippen molar-refractivity contribution in [2.24, 2.45) is 0 Å². The van der Waals surface area contributed by atoms with Gasteiger partial charge < -0.3 is 15.0 Å². The van der Waals surface area contributed by atoms with E-state index in [9.17, 15) is 9.59 Å². The Morgan fingerprint density at radius 1 is 1.40 bits per heavy atom. The molecule has 0 unspecified atom stereocenters. The Bertz CT molecular complexity index is 593. The molecule has 0 bridgehead atoms. The fourth-order valence-electron chi connectivity index (χ4n) is 1.73. The van der Waals surface area contributed by atoms with Crippen molar-refractivity contribution in [1.82, 2.24) is 9.97 Å². The van der Waals surface area contributed by atoms with Gasteiger partial charge in [-0.2, -0.15) is 0 Å². The zero-order chi connectivity index (χ0) is 14.4. The maximum atomic E-state index is 11.8. The van der Waals surface area contributed by atoms with Crippen LogP contribution in [-0.4, -0.2) is 29.0 Å². The van der Waals surface area contributed by atoms with E-state index in [1.165, 1.54) is 7.11 Å². The van der Waals surface area contributed by atoms with Gasteiger partial charge in [0.2, 0.25) is 5.91 Å². The highest BCUT2D eigenvalue weighted by Gasteiger charge is 2.08. The van der Waals surface area contributed by atoms with Gasteiger partial charge in [0.15, 0.2) is 0 Å². The fourth-order valence-corrected chi connectivity index (χ4v) is 1.73. The third-order valence-electron chi connectivity index (χ3n) is 2.74. The van der Waals surface area contributed by atoms with Crippen LogP contribution in [0.15, 0.2) is 36.8 Å². The molecule has 0 atom stereocenters. The molecule has 1 heterocycles. The second-order valence-electron chi connectivity index (χ2n) is 4.20. The van der Waals surface area contributed by atoms with Crippen molar-refractivity contribution in [1.29, 1.82) is 0 Å². The van der Waals surface area contributed by atoms with Crippen LogP contribution in [0.3, 0.4) is 0 Å². The lowest BCUT2D eigenvalue weighted by Gasteiger charge is -2.06. The molecule has 0 saturated carbocycles. The fraction of sp³-hybridized carbons (Fsp3) is 0.214. The third-order valence-corrected chi connectivity index (χ3v) is 2.74. The summed E-state index contributed by atoms with van der Waals surface area (Å²) in [6, 6.07) is 6.63. The van der Waals surface area contributed by atoms with Gasteiger partial charge in [-0.25, -0.2) is 9.78 Å². The standard InChI is InChI=1S/C14H15N3O3/c1-20-14(19)10-3-2-4-11(7-10)17-13(18)6-5-12-8-15-9-16-12/h2-4,7-9H,5-6H2,1H3,(H,15,16)(H,17,18). The highest BCUT2D eigenvalue weighted by atomic mass is 16.5. The number of aryl methyl sites for hydroxylation is 1. The van der Waals surface area contributed by atoms with Crippen LogP contribution < -0.4 is 5.32 Å². The van der Waals surface area contributed by atoms with Gasteiger partial charge in [0.25, 0.3) is 0 Å². The molecule has 1 aromatic carbocycles. The maximum absolute atomic E-state index is 11.8. The minimum Gasteiger partial charge on any atom is -0.465 e. The lowest BCUT2D eigenvalue weighted by atomic mass is 10.2. The lowest BCUT2D eigenvalue weighted by Crippen LogP contribution is -2.13. The van der Waals surface area contributed by atoms with Crippen molar-refractivity contribution in [3.8, 4) is 0 Å². The predicted molar refractivity (Wildman–Crippen MR) is 73.3 cm³/mol. The number of hydrogen-bond donors (Lipinski definition) is 2. The number of carbonyl (C=O) groups is 2. The average molecular weight is 273 g/mol. The molecule has 0 fully saturated rings. The molecule has 2 rings (SSSR count). The van der Waals surface area contributed by atoms with Gasteiger partial charge >= 0.3 is 5.97 Å². The molecule has 0 aliphatic carbocycles. The van der Waals surface area contributed by atoms with Gasteiger partial charge in [-0.1, -0.05) is 6.07 Å². The van der Waals surface area contributed by atoms with E-state index in [2.05, 4.69) is 20.0 Å². The molecular weight excluding hydrogens is 258 g/mol. The molecular formula is C14H15N3O3. The van der Waals surface area contributed by atoms with Gasteiger partial charge in [0, 0.05) is 24.0 Å². The van der Waals surface area contributed by atoms with E-state index in [1.54, 1.807) is 36.8 Å². The summed E-state index contributed by atoms with van der Waals surface area (Å²) in [4.78, 5) is 30.0. The molecule has 1 aromatic heterocycles. The summed E-state index contributed by atoms with van der Waals surface area (Å²) < 4.78 is 4.63. The molecule has 2 N–H and O–H groups in total. The number of methoxy groups -OCH3 is 1. The topological polar surface area (TPSA) is 84.1 Å². The number of esters is 1. The van der Waals surface area contributed by atoms with Crippen LogP contribution in [0.1, 0.15) is 22.5 Å². The number of aromatic amines is 1. The van der Waals surface area contributed by atoms with Crippen molar-refractivity contribution >= 4 is 17.6 Å². The lowest BCUT2D eigenvalue weighted by molar-refractivity contribution is -0.116. The number of carbonyl (C=O) groups excluding carboxylic acids is 2. The molecule has 0 radical (unpaired) electrons. The first-order chi connectivity index (χ1) is 9.69. The summed E-state index contributed by atoms with van der Waals surface area (Å²) in [7, 11) is 1.32. The molecule has 6 heteroatoms. The summed E-state index contributed by atoms with van der Waals surface area (Å²) in [6.45, 7) is 0. The normalized spacial score (nSPS) is 10.1. The van der Waals surface area contributed by atoms with E-state index in [0.717, 1.165) is 5.69 Å². The monoisotopic (exact) mass is 273 g/mol. The largest absolute Gasteiger partial charge is 0.465 e. The quantitative estimate of drug-likeness (QED) is 0.813. The number of nitrogens with zero attached hydrogens (tertiary/aromatic N) is 1. The Morgan fingerprint density at radius 2 is 2.25 bits per heavy atom. The van der Waals surface area contributed by atoms with Crippen LogP contribution in [0.5, 0.6) is 0 Å². The number of benzene rings is 1. The van der Waals surface area contributed by atoms with Crippen molar-refractivity contribution in [2.75, 3.05) is 12.4 Å². The molecule has 0 aliphatic heterocycles. The molecule has 6 nitrogen and oxygen atoms in total. The van der Waals surface area contributed by atoms with Gasteiger partial charge in [0.1, 0.15) is 0 Å². The number of anilines is 1. The molecule has 0 aliphatic rings. The summed E-state index contributed by atoms with van der Waals surface area (Å²) in [5, 5.41) is 2.74. The number of rotatable bonds is 5. The molecule has 0 spiro atoms. The number of aromatic nitrogens is 2. The number of nitrogens with one attached hydrogen (secondary N) is 2. The van der Waals surface area contributed by atoms with Crippen LogP contribution in [0.4, 0.5) is 5.69 Å². The van der Waals surface area contributed by atoms with E-state index in [-0.39, 0.29) is 5.91 Å². The second kappa shape index (κ2) is 6.51.